The maximum absolute atomic E-state index is 13.5. The van der Waals surface area contributed by atoms with Crippen LogP contribution >= 0.6 is 0 Å². The summed E-state index contributed by atoms with van der Waals surface area (Å²) in [6.07, 6.45) is -0.307. The molecule has 47 heavy (non-hydrogen) atoms. The maximum atomic E-state index is 13.5. The normalized spacial score (nSPS) is 16.6. The number of hydrogen-bond donors (Lipinski definition) is 2. The van der Waals surface area contributed by atoms with E-state index in [0.29, 0.717) is 5.56 Å². The Morgan fingerprint density at radius 1 is 0.553 bits per heavy atom. The number of carbonyl (C=O) groups is 4. The van der Waals surface area contributed by atoms with Crippen molar-refractivity contribution >= 4 is 23.8 Å². The van der Waals surface area contributed by atoms with Gasteiger partial charge in [0.1, 0.15) is 0 Å². The zero-order valence-corrected chi connectivity index (χ0v) is 28.2. The Morgan fingerprint density at radius 3 is 1.30 bits per heavy atom. The van der Waals surface area contributed by atoms with Crippen molar-refractivity contribution in [1.82, 2.24) is 0 Å². The Morgan fingerprint density at radius 2 is 0.936 bits per heavy atom. The third kappa shape index (κ3) is 9.31. The molecule has 7 unspecified atom stereocenters. The summed E-state index contributed by atoms with van der Waals surface area (Å²) < 4.78 is 0. The van der Waals surface area contributed by atoms with Gasteiger partial charge in [-0.3, -0.25) is 9.59 Å². The van der Waals surface area contributed by atoms with E-state index < -0.39 is 70.1 Å². The standard InChI is InChI=1S/C39H50N2O6/c1-38(2,3)30(25-18-12-8-13-19-25)23-29(37(46)47)31(34(40)42)27(24-16-10-7-11-17-24)22-28(36(44)45)32(35(41)43)33(39(4,5)6)26-20-14-9-15-21-26/h7-21,27-33H,22-23H2,1-6H3,(H2,40,42)(H2,41,43)(H,44,45)(H,46,47)/p-2. The fraction of sp³-hybridized carbons (Fsp3) is 0.436. The highest BCUT2D eigenvalue weighted by atomic mass is 16.4. The number of rotatable bonds is 15. The molecule has 0 aliphatic heterocycles. The first-order valence-corrected chi connectivity index (χ1v) is 16.1. The first-order chi connectivity index (χ1) is 21.9. The summed E-state index contributed by atoms with van der Waals surface area (Å²) >= 11 is 0. The third-order valence-electron chi connectivity index (χ3n) is 9.49. The van der Waals surface area contributed by atoms with Gasteiger partial charge in [-0.15, -0.1) is 0 Å². The lowest BCUT2D eigenvalue weighted by Crippen LogP contribution is -2.49. The van der Waals surface area contributed by atoms with Gasteiger partial charge in [0.15, 0.2) is 0 Å². The predicted octanol–water partition coefficient (Wildman–Crippen LogP) is 4.15. The van der Waals surface area contributed by atoms with Crippen molar-refractivity contribution in [2.75, 3.05) is 0 Å². The second kappa shape index (κ2) is 15.4. The molecule has 0 heterocycles. The molecule has 0 saturated carbocycles. The number of carbonyl (C=O) groups excluding carboxylic acids is 4. The Balaban J connectivity index is 2.23. The van der Waals surface area contributed by atoms with E-state index >= 15 is 0 Å². The van der Waals surface area contributed by atoms with Gasteiger partial charge in [-0.2, -0.15) is 0 Å². The molecule has 0 spiro atoms. The minimum atomic E-state index is -1.52. The average Bonchev–Trinajstić information content (AvgIpc) is 2.99. The van der Waals surface area contributed by atoms with Crippen molar-refractivity contribution in [3.8, 4) is 0 Å². The number of nitrogens with two attached hydrogens (primary N) is 2. The van der Waals surface area contributed by atoms with Gasteiger partial charge in [-0.1, -0.05) is 133 Å². The van der Waals surface area contributed by atoms with Crippen LogP contribution in [-0.4, -0.2) is 23.8 Å². The van der Waals surface area contributed by atoms with Gasteiger partial charge in [0, 0.05) is 29.7 Å². The monoisotopic (exact) mass is 640 g/mol. The van der Waals surface area contributed by atoms with Crippen LogP contribution in [0.25, 0.3) is 0 Å². The van der Waals surface area contributed by atoms with Gasteiger partial charge < -0.3 is 31.3 Å². The lowest BCUT2D eigenvalue weighted by atomic mass is 9.62. The first kappa shape index (κ1) is 37.0. The first-order valence-electron chi connectivity index (χ1n) is 16.1. The fourth-order valence-corrected chi connectivity index (χ4v) is 7.35. The molecule has 0 fully saturated rings. The van der Waals surface area contributed by atoms with Gasteiger partial charge in [0.25, 0.3) is 0 Å². The van der Waals surface area contributed by atoms with Gasteiger partial charge in [0.2, 0.25) is 11.8 Å². The number of primary amides is 2. The van der Waals surface area contributed by atoms with E-state index in [9.17, 15) is 29.4 Å². The molecule has 0 bridgehead atoms. The van der Waals surface area contributed by atoms with E-state index in [-0.39, 0.29) is 18.8 Å². The van der Waals surface area contributed by atoms with Crippen molar-refractivity contribution < 1.29 is 29.4 Å². The van der Waals surface area contributed by atoms with E-state index in [1.54, 1.807) is 42.5 Å². The topological polar surface area (TPSA) is 166 Å². The predicted molar refractivity (Wildman–Crippen MR) is 178 cm³/mol. The Kier molecular flexibility index (Phi) is 12.1. The molecule has 3 aromatic rings. The quantitative estimate of drug-likeness (QED) is 0.253. The molecular weight excluding hydrogens is 592 g/mol. The fourth-order valence-electron chi connectivity index (χ4n) is 7.35. The average molecular weight is 641 g/mol. The van der Waals surface area contributed by atoms with Crippen LogP contribution in [0.5, 0.6) is 0 Å². The molecule has 8 nitrogen and oxygen atoms in total. The molecule has 252 valence electrons. The van der Waals surface area contributed by atoms with Crippen LogP contribution in [0.4, 0.5) is 0 Å². The van der Waals surface area contributed by atoms with Crippen LogP contribution in [0.15, 0.2) is 91.0 Å². The molecule has 7 atom stereocenters. The van der Waals surface area contributed by atoms with Gasteiger partial charge in [-0.25, -0.2) is 0 Å². The highest BCUT2D eigenvalue weighted by Crippen LogP contribution is 2.49. The van der Waals surface area contributed by atoms with Crippen LogP contribution in [0, 0.1) is 34.5 Å². The molecule has 8 heteroatoms. The van der Waals surface area contributed by atoms with Gasteiger partial charge >= 0.3 is 0 Å². The number of aliphatic carboxylic acids is 2. The van der Waals surface area contributed by atoms with Crippen molar-refractivity contribution in [2.45, 2.75) is 72.1 Å². The second-order valence-electron chi connectivity index (χ2n) is 14.8. The molecule has 0 aliphatic carbocycles. The van der Waals surface area contributed by atoms with Crippen LogP contribution < -0.4 is 21.7 Å². The Bertz CT molecular complexity index is 1500. The SMILES string of the molecule is CC(C)(C)C(CC(C(=O)[O-])C(C(N)=O)C(CC(C(=O)[O-])C(C(N)=O)C(c1ccccc1)C(C)(C)C)c1ccccc1)c1ccccc1. The van der Waals surface area contributed by atoms with Crippen molar-refractivity contribution in [3.63, 3.8) is 0 Å². The van der Waals surface area contributed by atoms with Crippen LogP contribution in [0.3, 0.4) is 0 Å². The lowest BCUT2D eigenvalue weighted by Gasteiger charge is -2.43. The van der Waals surface area contributed by atoms with Crippen LogP contribution in [0.1, 0.15) is 88.8 Å². The summed E-state index contributed by atoms with van der Waals surface area (Å²) in [5.74, 6) is -12.2. The summed E-state index contributed by atoms with van der Waals surface area (Å²) in [7, 11) is 0. The van der Waals surface area contributed by atoms with E-state index in [1.807, 2.05) is 90.1 Å². The maximum Gasteiger partial charge on any atom is 0.221 e. The Labute approximate surface area is 278 Å². The smallest absolute Gasteiger partial charge is 0.221 e. The zero-order valence-electron chi connectivity index (χ0n) is 28.2. The van der Waals surface area contributed by atoms with Crippen LogP contribution in [-0.2, 0) is 19.2 Å². The molecule has 0 aliphatic rings. The molecule has 2 amide bonds. The zero-order chi connectivity index (χ0) is 35.1. The highest BCUT2D eigenvalue weighted by Gasteiger charge is 2.46. The minimum Gasteiger partial charge on any atom is -0.550 e. The number of carboxylic acid groups (broad SMARTS) is 2. The van der Waals surface area contributed by atoms with E-state index in [4.69, 9.17) is 11.5 Å². The van der Waals surface area contributed by atoms with Crippen molar-refractivity contribution in [2.24, 2.45) is 46.0 Å². The number of amides is 2. The molecule has 3 aromatic carbocycles. The van der Waals surface area contributed by atoms with E-state index in [2.05, 4.69) is 0 Å². The summed E-state index contributed by atoms with van der Waals surface area (Å²) in [6.45, 7) is 11.7. The van der Waals surface area contributed by atoms with E-state index in [1.165, 1.54) is 0 Å². The molecule has 0 saturated heterocycles. The molecule has 3 rings (SSSR count). The Hall–Kier alpha value is -4.46. The van der Waals surface area contributed by atoms with Gasteiger partial charge in [0.05, 0.1) is 11.8 Å². The number of benzene rings is 3. The molecule has 0 aromatic heterocycles. The molecule has 0 radical (unpaired) electrons. The summed E-state index contributed by atoms with van der Waals surface area (Å²) in [5, 5.41) is 26.1. The highest BCUT2D eigenvalue weighted by molar-refractivity contribution is 5.85. The summed E-state index contributed by atoms with van der Waals surface area (Å²) in [4.78, 5) is 52.9. The van der Waals surface area contributed by atoms with Crippen molar-refractivity contribution in [3.05, 3.63) is 108 Å². The number of carboxylic acids is 2. The molecule has 4 N–H and O–H groups in total. The largest absolute Gasteiger partial charge is 0.550 e. The lowest BCUT2D eigenvalue weighted by molar-refractivity contribution is -0.314. The minimum absolute atomic E-state index is 0.0106. The molecular formula is C39H48N2O6-2. The van der Waals surface area contributed by atoms with Crippen molar-refractivity contribution in [1.29, 1.82) is 0 Å². The second-order valence-corrected chi connectivity index (χ2v) is 14.8. The van der Waals surface area contributed by atoms with E-state index in [0.717, 1.165) is 11.1 Å². The number of hydrogen-bond acceptors (Lipinski definition) is 6. The summed E-state index contributed by atoms with van der Waals surface area (Å²) in [5.41, 5.74) is 13.2. The third-order valence-corrected chi connectivity index (χ3v) is 9.49. The van der Waals surface area contributed by atoms with Crippen LogP contribution in [0.2, 0.25) is 0 Å². The summed E-state index contributed by atoms with van der Waals surface area (Å²) in [6, 6.07) is 27.1. The van der Waals surface area contributed by atoms with Gasteiger partial charge in [-0.05, 0) is 52.2 Å².